The number of nitrogens with one attached hydrogen (secondary N) is 2. The van der Waals surface area contributed by atoms with Crippen molar-refractivity contribution in [3.63, 3.8) is 0 Å². The van der Waals surface area contributed by atoms with Crippen molar-refractivity contribution in [3.8, 4) is 5.88 Å². The maximum Gasteiger partial charge on any atom is 0.417 e. The molecule has 0 amide bonds. The second kappa shape index (κ2) is 11.1. The number of halogens is 3. The maximum atomic E-state index is 12.5. The summed E-state index contributed by atoms with van der Waals surface area (Å²) in [5, 5.41) is 6.53. The minimum absolute atomic E-state index is 0.154. The van der Waals surface area contributed by atoms with E-state index in [1.165, 1.54) is 6.07 Å². The Labute approximate surface area is 163 Å². The van der Waals surface area contributed by atoms with Crippen LogP contribution in [-0.4, -0.2) is 75.4 Å². The van der Waals surface area contributed by atoms with Gasteiger partial charge < -0.3 is 25.0 Å². The molecule has 158 valence electrons. The van der Waals surface area contributed by atoms with Gasteiger partial charge in [0.05, 0.1) is 18.7 Å². The van der Waals surface area contributed by atoms with Gasteiger partial charge in [0, 0.05) is 52.1 Å². The highest BCUT2D eigenvalue weighted by Gasteiger charge is 2.30. The second-order valence-electron chi connectivity index (χ2n) is 6.48. The number of likely N-dealkylation sites (tertiary alicyclic amines) is 1. The molecule has 0 atom stereocenters. The number of guanidine groups is 1. The fourth-order valence-corrected chi connectivity index (χ4v) is 2.87. The van der Waals surface area contributed by atoms with Crippen molar-refractivity contribution in [2.45, 2.75) is 25.1 Å². The molecule has 28 heavy (non-hydrogen) atoms. The number of rotatable bonds is 8. The third-order valence-electron chi connectivity index (χ3n) is 4.47. The van der Waals surface area contributed by atoms with E-state index < -0.39 is 11.7 Å². The molecule has 2 heterocycles. The summed E-state index contributed by atoms with van der Waals surface area (Å²) in [6.45, 7) is 4.44. The first kappa shape index (κ1) is 22.2. The summed E-state index contributed by atoms with van der Waals surface area (Å²) in [6.07, 6.45) is -1.58. The first-order valence-electron chi connectivity index (χ1n) is 9.27. The molecule has 0 bridgehead atoms. The first-order chi connectivity index (χ1) is 13.4. The van der Waals surface area contributed by atoms with Gasteiger partial charge in [0.25, 0.3) is 0 Å². The predicted octanol–water partition coefficient (Wildman–Crippen LogP) is 1.75. The van der Waals surface area contributed by atoms with Crippen LogP contribution < -0.4 is 15.4 Å². The Balaban J connectivity index is 1.65. The highest BCUT2D eigenvalue weighted by Crippen LogP contribution is 2.29. The molecular formula is C18H28F3N5O2. The van der Waals surface area contributed by atoms with Gasteiger partial charge in [-0.3, -0.25) is 4.99 Å². The summed E-state index contributed by atoms with van der Waals surface area (Å²) < 4.78 is 48.0. The van der Waals surface area contributed by atoms with Crippen molar-refractivity contribution < 1.29 is 22.6 Å². The quantitative estimate of drug-likeness (QED) is 0.392. The number of nitrogens with zero attached hydrogens (tertiary/aromatic N) is 3. The zero-order chi connectivity index (χ0) is 20.4. The number of aromatic nitrogens is 1. The van der Waals surface area contributed by atoms with E-state index in [4.69, 9.17) is 9.47 Å². The van der Waals surface area contributed by atoms with Gasteiger partial charge >= 0.3 is 6.18 Å². The van der Waals surface area contributed by atoms with Gasteiger partial charge in [0.2, 0.25) is 5.88 Å². The van der Waals surface area contributed by atoms with E-state index in [0.717, 1.165) is 51.3 Å². The largest absolute Gasteiger partial charge is 0.476 e. The van der Waals surface area contributed by atoms with Crippen LogP contribution in [0.15, 0.2) is 23.3 Å². The Kier molecular flexibility index (Phi) is 8.78. The monoisotopic (exact) mass is 403 g/mol. The van der Waals surface area contributed by atoms with Crippen LogP contribution in [0.5, 0.6) is 5.88 Å². The lowest BCUT2D eigenvalue weighted by Crippen LogP contribution is -2.49. The Bertz CT molecular complexity index is 602. The molecule has 1 aliphatic rings. The highest BCUT2D eigenvalue weighted by atomic mass is 19.4. The Morgan fingerprint density at radius 1 is 1.29 bits per heavy atom. The molecule has 2 N–H and O–H groups in total. The third kappa shape index (κ3) is 7.51. The molecule has 1 aromatic rings. The summed E-state index contributed by atoms with van der Waals surface area (Å²) in [5.41, 5.74) is -0.796. The SMILES string of the molecule is CN=C(NCCOc1ccc(C(F)(F)F)cn1)NC1CCN(CCOC)CC1. The van der Waals surface area contributed by atoms with E-state index in [1.54, 1.807) is 14.2 Å². The van der Waals surface area contributed by atoms with E-state index in [9.17, 15) is 13.2 Å². The molecule has 0 unspecified atom stereocenters. The van der Waals surface area contributed by atoms with Crippen LogP contribution in [0.3, 0.4) is 0 Å². The van der Waals surface area contributed by atoms with Crippen molar-refractivity contribution in [1.29, 1.82) is 0 Å². The van der Waals surface area contributed by atoms with Gasteiger partial charge in [0.15, 0.2) is 5.96 Å². The normalized spacial score (nSPS) is 16.8. The minimum atomic E-state index is -4.40. The number of aliphatic imine (C=N–C) groups is 1. The van der Waals surface area contributed by atoms with E-state index in [0.29, 0.717) is 18.5 Å². The Morgan fingerprint density at radius 3 is 2.61 bits per heavy atom. The molecule has 1 aromatic heterocycles. The number of piperidine rings is 1. The van der Waals surface area contributed by atoms with Gasteiger partial charge in [-0.25, -0.2) is 4.98 Å². The van der Waals surface area contributed by atoms with Crippen molar-refractivity contribution in [3.05, 3.63) is 23.9 Å². The maximum absolute atomic E-state index is 12.5. The van der Waals surface area contributed by atoms with Crippen molar-refractivity contribution in [2.75, 3.05) is 53.6 Å². The molecular weight excluding hydrogens is 375 g/mol. The third-order valence-corrected chi connectivity index (χ3v) is 4.47. The molecule has 0 saturated carbocycles. The smallest absolute Gasteiger partial charge is 0.417 e. The fourth-order valence-electron chi connectivity index (χ4n) is 2.87. The average Bonchev–Trinajstić information content (AvgIpc) is 2.69. The van der Waals surface area contributed by atoms with Crippen LogP contribution in [0.2, 0.25) is 0 Å². The number of methoxy groups -OCH3 is 1. The van der Waals surface area contributed by atoms with Crippen LogP contribution in [-0.2, 0) is 10.9 Å². The summed E-state index contributed by atoms with van der Waals surface area (Å²) >= 11 is 0. The van der Waals surface area contributed by atoms with E-state index >= 15 is 0 Å². The lowest BCUT2D eigenvalue weighted by Gasteiger charge is -2.32. The first-order valence-corrected chi connectivity index (χ1v) is 9.27. The summed E-state index contributed by atoms with van der Waals surface area (Å²) in [7, 11) is 3.41. The molecule has 0 aromatic carbocycles. The van der Waals surface area contributed by atoms with E-state index in [-0.39, 0.29) is 12.5 Å². The molecule has 0 radical (unpaired) electrons. The van der Waals surface area contributed by atoms with Crippen molar-refractivity contribution in [2.24, 2.45) is 4.99 Å². The van der Waals surface area contributed by atoms with Crippen molar-refractivity contribution in [1.82, 2.24) is 20.5 Å². The molecule has 0 aliphatic carbocycles. The molecule has 1 aliphatic heterocycles. The number of hydrogen-bond acceptors (Lipinski definition) is 5. The molecule has 0 spiro atoms. The lowest BCUT2D eigenvalue weighted by molar-refractivity contribution is -0.137. The Hall–Kier alpha value is -2.07. The Morgan fingerprint density at radius 2 is 2.04 bits per heavy atom. The highest BCUT2D eigenvalue weighted by molar-refractivity contribution is 5.79. The summed E-state index contributed by atoms with van der Waals surface area (Å²) in [4.78, 5) is 10.3. The zero-order valence-corrected chi connectivity index (χ0v) is 16.3. The molecule has 1 saturated heterocycles. The second-order valence-corrected chi connectivity index (χ2v) is 6.48. The van der Waals surface area contributed by atoms with Crippen LogP contribution in [0.1, 0.15) is 18.4 Å². The van der Waals surface area contributed by atoms with Crippen LogP contribution in [0.4, 0.5) is 13.2 Å². The molecule has 1 fully saturated rings. The number of alkyl halides is 3. The van der Waals surface area contributed by atoms with Gasteiger partial charge in [-0.15, -0.1) is 0 Å². The molecule has 2 rings (SSSR count). The molecule has 10 heteroatoms. The zero-order valence-electron chi connectivity index (χ0n) is 16.3. The number of hydrogen-bond donors (Lipinski definition) is 2. The van der Waals surface area contributed by atoms with Crippen LogP contribution in [0, 0.1) is 0 Å². The predicted molar refractivity (Wildman–Crippen MR) is 101 cm³/mol. The minimum Gasteiger partial charge on any atom is -0.476 e. The van der Waals surface area contributed by atoms with Crippen molar-refractivity contribution >= 4 is 5.96 Å². The van der Waals surface area contributed by atoms with Gasteiger partial charge in [-0.1, -0.05) is 0 Å². The number of pyridine rings is 1. The van der Waals surface area contributed by atoms with E-state index in [1.807, 2.05) is 0 Å². The topological polar surface area (TPSA) is 71.0 Å². The fraction of sp³-hybridized carbons (Fsp3) is 0.667. The van der Waals surface area contributed by atoms with E-state index in [2.05, 4.69) is 25.5 Å². The van der Waals surface area contributed by atoms with Gasteiger partial charge in [-0.05, 0) is 18.9 Å². The van der Waals surface area contributed by atoms with Crippen LogP contribution in [0.25, 0.3) is 0 Å². The average molecular weight is 403 g/mol. The van der Waals surface area contributed by atoms with Crippen LogP contribution >= 0.6 is 0 Å². The van der Waals surface area contributed by atoms with Gasteiger partial charge in [0.1, 0.15) is 6.61 Å². The lowest BCUT2D eigenvalue weighted by atomic mass is 10.1. The molecule has 7 nitrogen and oxygen atoms in total. The standard InChI is InChI=1S/C18H28F3N5O2/c1-22-17(25-15-5-8-26(9-6-15)10-12-27-2)23-7-11-28-16-4-3-14(13-24-16)18(19,20)21/h3-4,13,15H,5-12H2,1-2H3,(H2,22,23,25). The summed E-state index contributed by atoms with van der Waals surface area (Å²) in [5.74, 6) is 0.834. The van der Waals surface area contributed by atoms with Gasteiger partial charge in [-0.2, -0.15) is 13.2 Å². The summed E-state index contributed by atoms with van der Waals surface area (Å²) in [6, 6.07) is 2.52. The number of ether oxygens (including phenoxy) is 2.